The van der Waals surface area contributed by atoms with Gasteiger partial charge in [0, 0.05) is 41.4 Å². The highest BCUT2D eigenvalue weighted by Gasteiger charge is 2.37. The van der Waals surface area contributed by atoms with E-state index in [1.165, 1.54) is 38.9 Å². The first-order valence-electron chi connectivity index (χ1n) is 11.0. The summed E-state index contributed by atoms with van der Waals surface area (Å²) in [6, 6.07) is 5.16. The van der Waals surface area contributed by atoms with Crippen molar-refractivity contribution in [3.63, 3.8) is 0 Å². The highest BCUT2D eigenvalue weighted by molar-refractivity contribution is 9.10. The number of carbonyl (C=O) groups excluding carboxylic acids is 2. The van der Waals surface area contributed by atoms with Gasteiger partial charge in [-0.2, -0.15) is 13.2 Å². The number of halogens is 4. The maximum absolute atomic E-state index is 13.3. The van der Waals surface area contributed by atoms with Crippen LogP contribution >= 0.6 is 15.9 Å². The maximum atomic E-state index is 13.3. The summed E-state index contributed by atoms with van der Waals surface area (Å²) in [7, 11) is 0. The first kappa shape index (κ1) is 26.0. The zero-order valence-corrected chi connectivity index (χ0v) is 20.9. The van der Waals surface area contributed by atoms with Crippen LogP contribution in [0.25, 0.3) is 11.6 Å². The number of likely N-dealkylation sites (tertiary alicyclic amines) is 1. The van der Waals surface area contributed by atoms with E-state index < -0.39 is 17.6 Å². The second kappa shape index (κ2) is 10.8. The molecule has 1 saturated heterocycles. The van der Waals surface area contributed by atoms with E-state index in [0.29, 0.717) is 16.9 Å². The van der Waals surface area contributed by atoms with Crippen LogP contribution in [0.2, 0.25) is 0 Å². The predicted octanol–water partition coefficient (Wildman–Crippen LogP) is 5.12. The number of hydrogen-bond acceptors (Lipinski definition) is 3. The van der Waals surface area contributed by atoms with Crippen molar-refractivity contribution in [2.75, 3.05) is 31.5 Å². The van der Waals surface area contributed by atoms with Gasteiger partial charge in [-0.3, -0.25) is 9.59 Å². The van der Waals surface area contributed by atoms with Crippen LogP contribution in [0.1, 0.15) is 47.8 Å². The number of nitrogens with zero attached hydrogens (tertiary/aromatic N) is 1. The number of carbonyl (C=O) groups is 2. The fourth-order valence-electron chi connectivity index (χ4n) is 4.07. The lowest BCUT2D eigenvalue weighted by Gasteiger charge is -2.13. The van der Waals surface area contributed by atoms with E-state index in [9.17, 15) is 22.8 Å². The summed E-state index contributed by atoms with van der Waals surface area (Å²) in [6.07, 6.45) is -0.590. The molecular weight excluding hydrogens is 513 g/mol. The number of alkyl halides is 3. The van der Waals surface area contributed by atoms with Gasteiger partial charge in [0.1, 0.15) is 0 Å². The molecule has 3 heterocycles. The number of anilines is 1. The number of benzene rings is 1. The predicted molar refractivity (Wildman–Crippen MR) is 130 cm³/mol. The molecule has 10 heteroatoms. The Morgan fingerprint density at radius 2 is 1.91 bits per heavy atom. The van der Waals surface area contributed by atoms with Crippen LogP contribution in [-0.2, 0) is 15.8 Å². The summed E-state index contributed by atoms with van der Waals surface area (Å²) in [5.41, 5.74) is 1.08. The Morgan fingerprint density at radius 3 is 2.53 bits per heavy atom. The Balaban J connectivity index is 0.000000248. The lowest BCUT2D eigenvalue weighted by atomic mass is 10.0. The van der Waals surface area contributed by atoms with Crippen molar-refractivity contribution in [2.45, 2.75) is 39.8 Å². The fraction of sp³-hybridized carbons (Fsp3) is 0.417. The second-order valence-electron chi connectivity index (χ2n) is 8.40. The molecule has 1 aromatic heterocycles. The number of aryl methyl sites for hydroxylation is 1. The van der Waals surface area contributed by atoms with Gasteiger partial charge in [0.15, 0.2) is 0 Å². The molecule has 34 heavy (non-hydrogen) atoms. The monoisotopic (exact) mass is 540 g/mol. The first-order valence-corrected chi connectivity index (χ1v) is 11.8. The van der Waals surface area contributed by atoms with Gasteiger partial charge in [0.2, 0.25) is 5.91 Å². The van der Waals surface area contributed by atoms with E-state index in [1.807, 2.05) is 0 Å². The van der Waals surface area contributed by atoms with Gasteiger partial charge in [-0.15, -0.1) is 0 Å². The molecule has 0 aliphatic carbocycles. The van der Waals surface area contributed by atoms with Crippen LogP contribution in [0.5, 0.6) is 0 Å². The summed E-state index contributed by atoms with van der Waals surface area (Å²) in [4.78, 5) is 27.7. The minimum absolute atomic E-state index is 0.0733. The standard InChI is InChI=1S/C16H12BrF3N2O.C8H16N2O/c1-7-8(2)21-13(14(7)16(18,19)20)6-11-10-5-9(17)3-4-12(10)22-15(11)23;1-8(11)9-4-7-10-5-2-3-6-10/h3-6,21H,1-2H3,(H,22,23);2-7H2,1H3,(H,9,11)/b11-6-;. The highest BCUT2D eigenvalue weighted by atomic mass is 79.9. The number of hydrogen-bond donors (Lipinski definition) is 3. The van der Waals surface area contributed by atoms with E-state index in [0.717, 1.165) is 17.6 Å². The maximum Gasteiger partial charge on any atom is 0.418 e. The molecule has 0 saturated carbocycles. The van der Waals surface area contributed by atoms with Crippen LogP contribution in [0.4, 0.5) is 18.9 Å². The van der Waals surface area contributed by atoms with Crippen molar-refractivity contribution < 1.29 is 22.8 Å². The molecule has 4 rings (SSSR count). The van der Waals surface area contributed by atoms with Gasteiger partial charge in [-0.25, -0.2) is 0 Å². The molecule has 184 valence electrons. The summed E-state index contributed by atoms with van der Waals surface area (Å²) in [5.74, 6) is -0.347. The fourth-order valence-corrected chi connectivity index (χ4v) is 4.43. The molecule has 0 bridgehead atoms. The smallest absolute Gasteiger partial charge is 0.358 e. The molecule has 2 amide bonds. The van der Waals surface area contributed by atoms with E-state index in [-0.39, 0.29) is 22.7 Å². The van der Waals surface area contributed by atoms with Crippen LogP contribution in [0, 0.1) is 13.8 Å². The second-order valence-corrected chi connectivity index (χ2v) is 9.31. The van der Waals surface area contributed by atoms with Crippen LogP contribution in [0.3, 0.4) is 0 Å². The van der Waals surface area contributed by atoms with Gasteiger partial charge < -0.3 is 20.5 Å². The van der Waals surface area contributed by atoms with E-state index in [4.69, 9.17) is 0 Å². The molecule has 3 N–H and O–H groups in total. The Bertz CT molecular complexity index is 1100. The van der Waals surface area contributed by atoms with E-state index in [1.54, 1.807) is 32.0 Å². The number of aromatic amines is 1. The average Bonchev–Trinajstić information content (AvgIpc) is 3.42. The van der Waals surface area contributed by atoms with Gasteiger partial charge in [0.25, 0.3) is 5.91 Å². The highest BCUT2D eigenvalue weighted by Crippen LogP contribution is 2.40. The quantitative estimate of drug-likeness (QED) is 0.471. The largest absolute Gasteiger partial charge is 0.418 e. The van der Waals surface area contributed by atoms with Crippen molar-refractivity contribution in [1.29, 1.82) is 0 Å². The van der Waals surface area contributed by atoms with Crippen molar-refractivity contribution in [2.24, 2.45) is 0 Å². The van der Waals surface area contributed by atoms with Crippen molar-refractivity contribution >= 4 is 45.1 Å². The number of nitrogens with one attached hydrogen (secondary N) is 3. The Morgan fingerprint density at radius 1 is 1.24 bits per heavy atom. The lowest BCUT2D eigenvalue weighted by Crippen LogP contribution is -2.32. The zero-order valence-electron chi connectivity index (χ0n) is 19.3. The zero-order chi connectivity index (χ0) is 25.0. The van der Waals surface area contributed by atoms with E-state index in [2.05, 4.69) is 36.4 Å². The summed E-state index contributed by atoms with van der Waals surface area (Å²) >= 11 is 3.31. The number of H-pyrrole nitrogens is 1. The molecule has 6 nitrogen and oxygen atoms in total. The molecule has 2 aliphatic rings. The molecule has 2 aliphatic heterocycles. The summed E-state index contributed by atoms with van der Waals surface area (Å²) in [6.45, 7) is 8.78. The third kappa shape index (κ3) is 6.29. The first-order chi connectivity index (χ1) is 16.0. The molecular formula is C24H28BrF3N4O2. The van der Waals surface area contributed by atoms with Crippen LogP contribution < -0.4 is 10.6 Å². The summed E-state index contributed by atoms with van der Waals surface area (Å²) in [5, 5.41) is 5.44. The SMILES string of the molecule is CC(=O)NCCN1CCCC1.Cc1[nH]c(/C=C2\C(=O)Nc3ccc(Br)cc32)c(C(F)(F)F)c1C. The van der Waals surface area contributed by atoms with Crippen molar-refractivity contribution in [3.05, 3.63) is 50.8 Å². The molecule has 0 unspecified atom stereocenters. The minimum Gasteiger partial charge on any atom is -0.358 e. The third-order valence-electron chi connectivity index (χ3n) is 5.87. The Kier molecular flexibility index (Phi) is 8.25. The molecule has 0 radical (unpaired) electrons. The lowest BCUT2D eigenvalue weighted by molar-refractivity contribution is -0.138. The topological polar surface area (TPSA) is 77.2 Å². The van der Waals surface area contributed by atoms with Gasteiger partial charge in [-0.05, 0) is 69.6 Å². The summed E-state index contributed by atoms with van der Waals surface area (Å²) < 4.78 is 40.6. The normalized spacial score (nSPS) is 16.8. The third-order valence-corrected chi connectivity index (χ3v) is 6.36. The number of aromatic nitrogens is 1. The number of amides is 2. The van der Waals surface area contributed by atoms with Crippen molar-refractivity contribution in [1.82, 2.24) is 15.2 Å². The molecule has 2 aromatic rings. The van der Waals surface area contributed by atoms with Crippen molar-refractivity contribution in [3.8, 4) is 0 Å². The minimum atomic E-state index is -4.49. The molecule has 0 atom stereocenters. The van der Waals surface area contributed by atoms with Crippen LogP contribution in [-0.4, -0.2) is 47.9 Å². The van der Waals surface area contributed by atoms with Gasteiger partial charge in [0.05, 0.1) is 16.8 Å². The number of rotatable bonds is 4. The average molecular weight is 541 g/mol. The van der Waals surface area contributed by atoms with Gasteiger partial charge in [-0.1, -0.05) is 15.9 Å². The molecule has 1 fully saturated rings. The van der Waals surface area contributed by atoms with Crippen LogP contribution in [0.15, 0.2) is 22.7 Å². The Labute approximate surface area is 205 Å². The number of fused-ring (bicyclic) bond motifs is 1. The Hall–Kier alpha value is -2.59. The van der Waals surface area contributed by atoms with Gasteiger partial charge >= 0.3 is 6.18 Å². The molecule has 0 spiro atoms. The molecule has 1 aromatic carbocycles. The van der Waals surface area contributed by atoms with E-state index >= 15 is 0 Å².